The predicted octanol–water partition coefficient (Wildman–Crippen LogP) is 4.11. The van der Waals surface area contributed by atoms with E-state index in [1.807, 2.05) is 39.0 Å². The Morgan fingerprint density at radius 2 is 0.833 bits per heavy atom. The van der Waals surface area contributed by atoms with Crippen LogP contribution in [-0.4, -0.2) is 39.2 Å². The number of carbonyl (C=O) groups is 3. The van der Waals surface area contributed by atoms with E-state index in [1.165, 1.54) is 21.3 Å². The van der Waals surface area contributed by atoms with Crippen LogP contribution < -0.4 is 0 Å². The highest BCUT2D eigenvalue weighted by Gasteiger charge is 2.56. The molecule has 3 fully saturated rings. The molecule has 0 saturated heterocycles. The number of carbonyl (C=O) groups excluding carboxylic acids is 3. The van der Waals surface area contributed by atoms with Crippen LogP contribution in [0.15, 0.2) is 38.0 Å². The minimum absolute atomic E-state index is 0.114. The summed E-state index contributed by atoms with van der Waals surface area (Å²) < 4.78 is 13.9. The Balaban J connectivity index is 0.000000225. The SMILES string of the molecule is C=CC1CC1(C)C(=O)OC.C=CC1C[C@]1(C)C(=O)OC.C=CC1C[C@]1(C)C(=O)OC. The van der Waals surface area contributed by atoms with Gasteiger partial charge in [-0.2, -0.15) is 0 Å². The zero-order chi connectivity index (χ0) is 23.3. The van der Waals surface area contributed by atoms with Crippen LogP contribution in [0.5, 0.6) is 0 Å². The van der Waals surface area contributed by atoms with Crippen molar-refractivity contribution in [2.75, 3.05) is 21.3 Å². The Hall–Kier alpha value is -2.37. The lowest BCUT2D eigenvalue weighted by atomic mass is 10.1. The molecule has 0 aliphatic heterocycles. The Labute approximate surface area is 180 Å². The molecule has 0 heterocycles. The fourth-order valence-corrected chi connectivity index (χ4v) is 3.63. The van der Waals surface area contributed by atoms with Crippen molar-refractivity contribution in [1.82, 2.24) is 0 Å². The first-order valence-electron chi connectivity index (χ1n) is 10.1. The molecule has 3 rings (SSSR count). The van der Waals surface area contributed by atoms with E-state index >= 15 is 0 Å². The number of methoxy groups -OCH3 is 3. The van der Waals surface area contributed by atoms with Gasteiger partial charge in [0.05, 0.1) is 37.6 Å². The van der Waals surface area contributed by atoms with Gasteiger partial charge in [0, 0.05) is 0 Å². The molecule has 0 spiro atoms. The molecule has 0 aromatic rings. The topological polar surface area (TPSA) is 78.9 Å². The molecule has 6 heteroatoms. The smallest absolute Gasteiger partial charge is 0.312 e. The number of hydrogen-bond donors (Lipinski definition) is 0. The second-order valence-corrected chi connectivity index (χ2v) is 8.87. The Bertz CT molecular complexity index is 617. The van der Waals surface area contributed by atoms with E-state index in [1.54, 1.807) is 0 Å². The zero-order valence-electron chi connectivity index (χ0n) is 19.2. The summed E-state index contributed by atoms with van der Waals surface area (Å²) in [6.45, 7) is 16.6. The largest absolute Gasteiger partial charge is 0.469 e. The van der Waals surface area contributed by atoms with Crippen molar-refractivity contribution in [3.8, 4) is 0 Å². The average molecular weight is 421 g/mol. The number of esters is 3. The van der Waals surface area contributed by atoms with Crippen LogP contribution in [0, 0.1) is 34.0 Å². The number of hydrogen-bond acceptors (Lipinski definition) is 6. The number of ether oxygens (including phenoxy) is 3. The van der Waals surface area contributed by atoms with Gasteiger partial charge in [-0.05, 0) is 57.8 Å². The van der Waals surface area contributed by atoms with Gasteiger partial charge in [0.15, 0.2) is 0 Å². The van der Waals surface area contributed by atoms with Gasteiger partial charge in [0.25, 0.3) is 0 Å². The quantitative estimate of drug-likeness (QED) is 0.365. The molecule has 30 heavy (non-hydrogen) atoms. The van der Waals surface area contributed by atoms with Crippen LogP contribution in [0.2, 0.25) is 0 Å². The van der Waals surface area contributed by atoms with Crippen LogP contribution in [0.25, 0.3) is 0 Å². The molecular weight excluding hydrogens is 384 g/mol. The van der Waals surface area contributed by atoms with E-state index in [4.69, 9.17) is 0 Å². The van der Waals surface area contributed by atoms with Gasteiger partial charge in [-0.15, -0.1) is 19.7 Å². The monoisotopic (exact) mass is 420 g/mol. The molecule has 6 nitrogen and oxygen atoms in total. The second kappa shape index (κ2) is 9.63. The third-order valence-corrected chi connectivity index (χ3v) is 6.72. The highest BCUT2D eigenvalue weighted by atomic mass is 16.5. The van der Waals surface area contributed by atoms with Crippen LogP contribution in [0.1, 0.15) is 40.0 Å². The standard InChI is InChI=1S/3C8H12O2/c3*1-4-6-5-8(6,2)7(9)10-3/h3*4,6H,1,5H2,2-3H3/t2*6?,8-;/m00./s1. The van der Waals surface area contributed by atoms with Crippen LogP contribution in [0.4, 0.5) is 0 Å². The summed E-state index contributed by atoms with van der Waals surface area (Å²) in [4.78, 5) is 33.0. The third kappa shape index (κ3) is 5.21. The van der Waals surface area contributed by atoms with E-state index in [9.17, 15) is 14.4 Å². The zero-order valence-corrected chi connectivity index (χ0v) is 19.2. The van der Waals surface area contributed by atoms with Crippen molar-refractivity contribution in [2.45, 2.75) is 40.0 Å². The summed E-state index contributed by atoms with van der Waals surface area (Å²) in [5.41, 5.74) is -0.760. The van der Waals surface area contributed by atoms with Crippen molar-refractivity contribution < 1.29 is 28.6 Å². The van der Waals surface area contributed by atoms with Gasteiger partial charge in [-0.25, -0.2) is 0 Å². The summed E-state index contributed by atoms with van der Waals surface area (Å²) >= 11 is 0. The fraction of sp³-hybridized carbons (Fsp3) is 0.625. The van der Waals surface area contributed by atoms with E-state index < -0.39 is 0 Å². The van der Waals surface area contributed by atoms with Gasteiger partial charge in [0.1, 0.15) is 0 Å². The van der Waals surface area contributed by atoms with Crippen molar-refractivity contribution in [3.63, 3.8) is 0 Å². The first-order chi connectivity index (χ1) is 13.9. The average Bonchev–Trinajstić information content (AvgIpc) is 3.70. The lowest BCUT2D eigenvalue weighted by molar-refractivity contribution is -0.147. The van der Waals surface area contributed by atoms with Crippen molar-refractivity contribution >= 4 is 17.9 Å². The van der Waals surface area contributed by atoms with Crippen molar-refractivity contribution in [3.05, 3.63) is 38.0 Å². The molecule has 4 unspecified atom stereocenters. The molecule has 3 aliphatic rings. The molecular formula is C24H36O6. The summed E-state index contributed by atoms with van der Waals surface area (Å²) in [5, 5.41) is 0. The molecule has 0 bridgehead atoms. The summed E-state index contributed by atoms with van der Waals surface area (Å²) in [6.07, 6.45) is 8.13. The van der Waals surface area contributed by atoms with Crippen LogP contribution in [0.3, 0.4) is 0 Å². The van der Waals surface area contributed by atoms with E-state index in [0.29, 0.717) is 17.8 Å². The molecule has 3 saturated carbocycles. The van der Waals surface area contributed by atoms with E-state index in [-0.39, 0.29) is 34.2 Å². The molecule has 0 N–H and O–H groups in total. The highest BCUT2D eigenvalue weighted by molar-refractivity contribution is 5.81. The van der Waals surface area contributed by atoms with Crippen molar-refractivity contribution in [2.24, 2.45) is 34.0 Å². The first-order valence-corrected chi connectivity index (χ1v) is 10.1. The third-order valence-electron chi connectivity index (χ3n) is 6.72. The molecule has 0 amide bonds. The molecule has 0 aromatic carbocycles. The maximum absolute atomic E-state index is 11.0. The number of rotatable bonds is 6. The maximum Gasteiger partial charge on any atom is 0.312 e. The highest BCUT2D eigenvalue weighted by Crippen LogP contribution is 2.54. The lowest BCUT2D eigenvalue weighted by Crippen LogP contribution is -2.15. The van der Waals surface area contributed by atoms with Gasteiger partial charge >= 0.3 is 17.9 Å². The lowest BCUT2D eigenvalue weighted by Gasteiger charge is -2.04. The minimum atomic E-state index is -0.253. The molecule has 0 aromatic heterocycles. The Morgan fingerprint density at radius 1 is 0.633 bits per heavy atom. The molecule has 0 radical (unpaired) electrons. The van der Waals surface area contributed by atoms with E-state index in [2.05, 4.69) is 33.9 Å². The van der Waals surface area contributed by atoms with Crippen LogP contribution >= 0.6 is 0 Å². The van der Waals surface area contributed by atoms with Crippen molar-refractivity contribution in [1.29, 1.82) is 0 Å². The van der Waals surface area contributed by atoms with Gasteiger partial charge in [0.2, 0.25) is 0 Å². The van der Waals surface area contributed by atoms with Gasteiger partial charge in [-0.3, -0.25) is 14.4 Å². The summed E-state index contributed by atoms with van der Waals surface area (Å²) in [5.74, 6) is 0.659. The minimum Gasteiger partial charge on any atom is -0.469 e. The summed E-state index contributed by atoms with van der Waals surface area (Å²) in [6, 6.07) is 0. The molecule has 168 valence electrons. The van der Waals surface area contributed by atoms with E-state index in [0.717, 1.165) is 19.3 Å². The first kappa shape index (κ1) is 25.7. The Kier molecular flexibility index (Phi) is 8.24. The molecule has 6 atom stereocenters. The number of allylic oxidation sites excluding steroid dienone is 3. The fourth-order valence-electron chi connectivity index (χ4n) is 3.63. The van der Waals surface area contributed by atoms with Gasteiger partial charge in [-0.1, -0.05) is 18.2 Å². The van der Waals surface area contributed by atoms with Gasteiger partial charge < -0.3 is 14.2 Å². The normalized spacial score (nSPS) is 36.8. The second-order valence-electron chi connectivity index (χ2n) is 8.87. The van der Waals surface area contributed by atoms with Crippen LogP contribution in [-0.2, 0) is 28.6 Å². The maximum atomic E-state index is 11.0. The summed E-state index contributed by atoms with van der Waals surface area (Å²) in [7, 11) is 4.27. The predicted molar refractivity (Wildman–Crippen MR) is 115 cm³/mol. The molecule has 3 aliphatic carbocycles. The Morgan fingerprint density at radius 3 is 0.933 bits per heavy atom.